The van der Waals surface area contributed by atoms with Crippen molar-refractivity contribution in [2.24, 2.45) is 11.7 Å². The fourth-order valence-corrected chi connectivity index (χ4v) is 3.48. The Kier molecular flexibility index (Phi) is 7.83. The van der Waals surface area contributed by atoms with Crippen molar-refractivity contribution in [2.75, 3.05) is 13.1 Å². The van der Waals surface area contributed by atoms with Gasteiger partial charge < -0.3 is 11.1 Å². The topological polar surface area (TPSA) is 38.0 Å². The molecule has 1 aromatic rings. The summed E-state index contributed by atoms with van der Waals surface area (Å²) in [5, 5.41) is 3.63. The predicted octanol–water partition coefficient (Wildman–Crippen LogP) is 3.90. The van der Waals surface area contributed by atoms with Crippen LogP contribution in [0, 0.1) is 5.92 Å². The lowest BCUT2D eigenvalue weighted by Crippen LogP contribution is -2.38. The number of hydrogen-bond donors (Lipinski definition) is 2. The van der Waals surface area contributed by atoms with Gasteiger partial charge in [-0.25, -0.2) is 0 Å². The Morgan fingerprint density at radius 1 is 1.05 bits per heavy atom. The molecule has 21 heavy (non-hydrogen) atoms. The Hall–Kier alpha value is -0.860. The van der Waals surface area contributed by atoms with Gasteiger partial charge in [0.05, 0.1) is 0 Å². The molecule has 1 aromatic carbocycles. The maximum atomic E-state index is 5.89. The van der Waals surface area contributed by atoms with Crippen LogP contribution in [-0.2, 0) is 6.42 Å². The first-order chi connectivity index (χ1) is 10.4. The van der Waals surface area contributed by atoms with Crippen LogP contribution in [0.25, 0.3) is 0 Å². The summed E-state index contributed by atoms with van der Waals surface area (Å²) in [7, 11) is 0. The summed E-state index contributed by atoms with van der Waals surface area (Å²) in [5.74, 6) is 1.02. The van der Waals surface area contributed by atoms with Crippen LogP contribution in [0.3, 0.4) is 0 Å². The first-order valence-electron chi connectivity index (χ1n) is 8.86. The van der Waals surface area contributed by atoms with Crippen LogP contribution in [-0.4, -0.2) is 19.1 Å². The van der Waals surface area contributed by atoms with E-state index in [4.69, 9.17) is 5.73 Å². The molecule has 1 fully saturated rings. The van der Waals surface area contributed by atoms with E-state index in [0.717, 1.165) is 25.4 Å². The van der Waals surface area contributed by atoms with Gasteiger partial charge in [-0.3, -0.25) is 0 Å². The molecule has 0 bridgehead atoms. The van der Waals surface area contributed by atoms with Crippen molar-refractivity contribution in [3.8, 4) is 0 Å². The molecule has 2 nitrogen and oxygen atoms in total. The molecule has 0 saturated heterocycles. The summed E-state index contributed by atoms with van der Waals surface area (Å²) in [5.41, 5.74) is 7.27. The van der Waals surface area contributed by atoms with Crippen LogP contribution in [0.2, 0.25) is 0 Å². The zero-order valence-corrected chi connectivity index (χ0v) is 13.4. The lowest BCUT2D eigenvalue weighted by Gasteiger charge is -2.21. The van der Waals surface area contributed by atoms with E-state index in [-0.39, 0.29) is 0 Å². The van der Waals surface area contributed by atoms with Gasteiger partial charge in [-0.05, 0) is 30.9 Å². The van der Waals surface area contributed by atoms with Crippen molar-refractivity contribution in [2.45, 2.75) is 63.8 Å². The second-order valence-electron chi connectivity index (χ2n) is 6.58. The molecule has 0 radical (unpaired) electrons. The monoisotopic (exact) mass is 288 g/mol. The molecule has 2 heteroatoms. The fourth-order valence-electron chi connectivity index (χ4n) is 3.48. The summed E-state index contributed by atoms with van der Waals surface area (Å²) >= 11 is 0. The van der Waals surface area contributed by atoms with Crippen LogP contribution in [0.15, 0.2) is 30.3 Å². The SMILES string of the molecule is NC[C@H](Cc1ccccc1)NCCCCC1CCCCC1. The van der Waals surface area contributed by atoms with Gasteiger partial charge in [0.15, 0.2) is 0 Å². The highest BCUT2D eigenvalue weighted by molar-refractivity contribution is 5.15. The molecule has 2 rings (SSSR count). The highest BCUT2D eigenvalue weighted by atomic mass is 14.9. The van der Waals surface area contributed by atoms with Gasteiger partial charge in [0, 0.05) is 12.6 Å². The molecule has 0 unspecified atom stereocenters. The number of hydrogen-bond acceptors (Lipinski definition) is 2. The maximum Gasteiger partial charge on any atom is 0.0230 e. The maximum absolute atomic E-state index is 5.89. The zero-order valence-electron chi connectivity index (χ0n) is 13.4. The molecule has 1 aliphatic carbocycles. The molecule has 3 N–H and O–H groups in total. The third-order valence-corrected chi connectivity index (χ3v) is 4.81. The lowest BCUT2D eigenvalue weighted by atomic mass is 9.86. The van der Waals surface area contributed by atoms with Gasteiger partial charge in [-0.15, -0.1) is 0 Å². The third-order valence-electron chi connectivity index (χ3n) is 4.81. The minimum Gasteiger partial charge on any atom is -0.329 e. The minimum absolute atomic E-state index is 0.419. The summed E-state index contributed by atoms with van der Waals surface area (Å²) in [6.07, 6.45) is 12.5. The van der Waals surface area contributed by atoms with Crippen molar-refractivity contribution in [3.63, 3.8) is 0 Å². The van der Waals surface area contributed by atoms with Gasteiger partial charge in [0.1, 0.15) is 0 Å². The Bertz CT molecular complexity index is 357. The molecule has 0 heterocycles. The quantitative estimate of drug-likeness (QED) is 0.676. The van der Waals surface area contributed by atoms with Crippen LogP contribution in [0.4, 0.5) is 0 Å². The number of rotatable bonds is 9. The van der Waals surface area contributed by atoms with E-state index in [9.17, 15) is 0 Å². The average molecular weight is 288 g/mol. The summed E-state index contributed by atoms with van der Waals surface area (Å²) < 4.78 is 0. The lowest BCUT2D eigenvalue weighted by molar-refractivity contribution is 0.328. The van der Waals surface area contributed by atoms with Gasteiger partial charge in [0.25, 0.3) is 0 Å². The van der Waals surface area contributed by atoms with E-state index in [1.807, 2.05) is 0 Å². The molecule has 0 aliphatic heterocycles. The second kappa shape index (κ2) is 9.97. The number of nitrogens with two attached hydrogens (primary N) is 1. The zero-order chi connectivity index (χ0) is 14.8. The second-order valence-corrected chi connectivity index (χ2v) is 6.58. The van der Waals surface area contributed by atoms with E-state index in [0.29, 0.717) is 6.04 Å². The summed E-state index contributed by atoms with van der Waals surface area (Å²) in [6, 6.07) is 11.1. The van der Waals surface area contributed by atoms with Gasteiger partial charge >= 0.3 is 0 Å². The molecule has 1 saturated carbocycles. The predicted molar refractivity (Wildman–Crippen MR) is 91.4 cm³/mol. The number of benzene rings is 1. The van der Waals surface area contributed by atoms with E-state index in [1.165, 1.54) is 56.9 Å². The summed E-state index contributed by atoms with van der Waals surface area (Å²) in [4.78, 5) is 0. The van der Waals surface area contributed by atoms with E-state index in [2.05, 4.69) is 35.6 Å². The highest BCUT2D eigenvalue weighted by Gasteiger charge is 2.12. The number of nitrogens with one attached hydrogen (secondary N) is 1. The van der Waals surface area contributed by atoms with Gasteiger partial charge in [-0.1, -0.05) is 75.3 Å². The Balaban J connectivity index is 1.55. The Labute approximate surface area is 130 Å². The van der Waals surface area contributed by atoms with Gasteiger partial charge in [0.2, 0.25) is 0 Å². The largest absolute Gasteiger partial charge is 0.329 e. The molecule has 0 amide bonds. The first kappa shape index (κ1) is 16.5. The smallest absolute Gasteiger partial charge is 0.0230 e. The van der Waals surface area contributed by atoms with Crippen molar-refractivity contribution >= 4 is 0 Å². The number of unbranched alkanes of at least 4 members (excludes halogenated alkanes) is 1. The molecular formula is C19H32N2. The summed E-state index contributed by atoms with van der Waals surface area (Å²) in [6.45, 7) is 1.83. The van der Waals surface area contributed by atoms with Crippen LogP contribution in [0.5, 0.6) is 0 Å². The van der Waals surface area contributed by atoms with Crippen LogP contribution >= 0.6 is 0 Å². The van der Waals surface area contributed by atoms with Crippen molar-refractivity contribution < 1.29 is 0 Å². The third kappa shape index (κ3) is 6.62. The van der Waals surface area contributed by atoms with Crippen LogP contribution in [0.1, 0.15) is 56.9 Å². The average Bonchev–Trinajstić information content (AvgIpc) is 2.55. The molecule has 0 aromatic heterocycles. The van der Waals surface area contributed by atoms with E-state index < -0.39 is 0 Å². The van der Waals surface area contributed by atoms with Crippen LogP contribution < -0.4 is 11.1 Å². The van der Waals surface area contributed by atoms with Crippen molar-refractivity contribution in [1.29, 1.82) is 0 Å². The molecule has 1 aliphatic rings. The van der Waals surface area contributed by atoms with Gasteiger partial charge in [-0.2, -0.15) is 0 Å². The standard InChI is InChI=1S/C19H32N2/c20-16-19(15-18-12-5-2-6-13-18)21-14-8-7-11-17-9-3-1-4-10-17/h2,5-6,12-13,17,19,21H,1,3-4,7-11,14-16,20H2/t19-/m0/s1. The molecule has 1 atom stereocenters. The minimum atomic E-state index is 0.419. The Morgan fingerprint density at radius 3 is 2.52 bits per heavy atom. The van der Waals surface area contributed by atoms with E-state index in [1.54, 1.807) is 0 Å². The fraction of sp³-hybridized carbons (Fsp3) is 0.684. The molecular weight excluding hydrogens is 256 g/mol. The molecule has 0 spiro atoms. The first-order valence-corrected chi connectivity index (χ1v) is 8.86. The van der Waals surface area contributed by atoms with E-state index >= 15 is 0 Å². The molecule has 118 valence electrons. The van der Waals surface area contributed by atoms with Crippen molar-refractivity contribution in [1.82, 2.24) is 5.32 Å². The normalized spacial score (nSPS) is 17.8. The van der Waals surface area contributed by atoms with Crippen molar-refractivity contribution in [3.05, 3.63) is 35.9 Å². The highest BCUT2D eigenvalue weighted by Crippen LogP contribution is 2.27. The Morgan fingerprint density at radius 2 is 1.81 bits per heavy atom.